The van der Waals surface area contributed by atoms with Gasteiger partial charge in [0.1, 0.15) is 16.9 Å². The second-order valence-corrected chi connectivity index (χ2v) is 8.21. The van der Waals surface area contributed by atoms with E-state index in [0.717, 1.165) is 16.7 Å². The highest BCUT2D eigenvalue weighted by Gasteiger charge is 2.45. The van der Waals surface area contributed by atoms with Gasteiger partial charge in [0.15, 0.2) is 11.6 Å². The van der Waals surface area contributed by atoms with Gasteiger partial charge in [0.2, 0.25) is 0 Å². The van der Waals surface area contributed by atoms with Crippen molar-refractivity contribution in [3.8, 4) is 11.1 Å². The van der Waals surface area contributed by atoms with Crippen molar-refractivity contribution in [3.05, 3.63) is 77.6 Å². The predicted molar refractivity (Wildman–Crippen MR) is 123 cm³/mol. The molecular weight excluding hydrogens is 424 g/mol. The molecule has 1 aliphatic carbocycles. The van der Waals surface area contributed by atoms with E-state index in [1.807, 2.05) is 25.1 Å². The second-order valence-electron chi connectivity index (χ2n) is 8.21. The molecule has 3 heterocycles. The third-order valence-electron chi connectivity index (χ3n) is 5.91. The van der Waals surface area contributed by atoms with Crippen LogP contribution in [0.3, 0.4) is 0 Å². The molecule has 0 saturated heterocycles. The molecule has 33 heavy (non-hydrogen) atoms. The Kier molecular flexibility index (Phi) is 5.00. The molecule has 0 unspecified atom stereocenters. The van der Waals surface area contributed by atoms with Crippen LogP contribution < -0.4 is 10.6 Å². The van der Waals surface area contributed by atoms with Gasteiger partial charge in [-0.3, -0.25) is 14.8 Å². The standard InChI is InChI=1S/C25H21F2N5O/c1-14-3-4-18(32-24(33)20-10-17(5-8-29-20)25(27)6-7-25)11-19(14)15-9-16-13-31-23(28-2)21(26)22(16)30-12-15/h3-5,8-13H,6-7H2,1-2H3,(H,28,31)(H,32,33). The smallest absolute Gasteiger partial charge is 0.274 e. The minimum atomic E-state index is -1.33. The van der Waals surface area contributed by atoms with Gasteiger partial charge < -0.3 is 10.6 Å². The van der Waals surface area contributed by atoms with Crippen LogP contribution in [0.5, 0.6) is 0 Å². The molecule has 2 N–H and O–H groups in total. The van der Waals surface area contributed by atoms with Crippen LogP contribution >= 0.6 is 0 Å². The lowest BCUT2D eigenvalue weighted by Crippen LogP contribution is -2.15. The molecule has 0 spiro atoms. The molecule has 1 aliphatic rings. The summed E-state index contributed by atoms with van der Waals surface area (Å²) < 4.78 is 28.9. The Labute approximate surface area is 189 Å². The largest absolute Gasteiger partial charge is 0.371 e. The van der Waals surface area contributed by atoms with Crippen LogP contribution in [0.15, 0.2) is 55.0 Å². The second kappa shape index (κ2) is 7.88. The van der Waals surface area contributed by atoms with E-state index in [1.54, 1.807) is 31.6 Å². The summed E-state index contributed by atoms with van der Waals surface area (Å²) in [6.07, 6.45) is 5.56. The van der Waals surface area contributed by atoms with Crippen LogP contribution in [0.2, 0.25) is 0 Å². The summed E-state index contributed by atoms with van der Waals surface area (Å²) in [5, 5.41) is 6.10. The molecule has 8 heteroatoms. The van der Waals surface area contributed by atoms with E-state index in [9.17, 15) is 13.6 Å². The molecule has 5 rings (SSSR count). The SMILES string of the molecule is CNc1ncc2cc(-c3cc(NC(=O)c4cc(C5(F)CC5)ccn4)ccc3C)cnc2c1F. The molecule has 0 radical (unpaired) electrons. The fourth-order valence-corrected chi connectivity index (χ4v) is 3.83. The zero-order valence-corrected chi connectivity index (χ0v) is 18.1. The molecule has 166 valence electrons. The Morgan fingerprint density at radius 3 is 2.64 bits per heavy atom. The van der Waals surface area contributed by atoms with Crippen molar-refractivity contribution >= 4 is 28.3 Å². The maximum absolute atomic E-state index is 14.5. The first kappa shape index (κ1) is 20.9. The summed E-state index contributed by atoms with van der Waals surface area (Å²) in [5.41, 5.74) is 2.66. The average Bonchev–Trinajstić information content (AvgIpc) is 3.59. The highest BCUT2D eigenvalue weighted by molar-refractivity contribution is 6.03. The Morgan fingerprint density at radius 1 is 1.06 bits per heavy atom. The van der Waals surface area contributed by atoms with Gasteiger partial charge in [-0.15, -0.1) is 0 Å². The normalized spacial score (nSPS) is 14.2. The quantitative estimate of drug-likeness (QED) is 0.430. The number of rotatable bonds is 5. The molecule has 1 amide bonds. The van der Waals surface area contributed by atoms with Crippen LogP contribution in [0.1, 0.15) is 34.5 Å². The van der Waals surface area contributed by atoms with Gasteiger partial charge in [0.05, 0.1) is 0 Å². The van der Waals surface area contributed by atoms with Crippen molar-refractivity contribution in [3.63, 3.8) is 0 Å². The molecule has 1 fully saturated rings. The zero-order valence-electron chi connectivity index (χ0n) is 18.1. The first-order chi connectivity index (χ1) is 15.9. The molecule has 3 aromatic heterocycles. The first-order valence-corrected chi connectivity index (χ1v) is 10.6. The number of aryl methyl sites for hydroxylation is 1. The number of alkyl halides is 1. The zero-order chi connectivity index (χ0) is 23.2. The fraction of sp³-hybridized carbons (Fsp3) is 0.200. The molecule has 0 atom stereocenters. The molecular formula is C25H21F2N5O. The fourth-order valence-electron chi connectivity index (χ4n) is 3.83. The van der Waals surface area contributed by atoms with E-state index in [2.05, 4.69) is 25.6 Å². The minimum Gasteiger partial charge on any atom is -0.371 e. The number of carbonyl (C=O) groups is 1. The lowest BCUT2D eigenvalue weighted by atomic mass is 10.00. The molecule has 0 aliphatic heterocycles. The maximum Gasteiger partial charge on any atom is 0.274 e. The molecule has 1 aromatic carbocycles. The molecule has 4 aromatic rings. The van der Waals surface area contributed by atoms with Gasteiger partial charge in [-0.05, 0) is 66.8 Å². The minimum absolute atomic E-state index is 0.140. The van der Waals surface area contributed by atoms with E-state index in [-0.39, 0.29) is 17.0 Å². The summed E-state index contributed by atoms with van der Waals surface area (Å²) in [5.74, 6) is -0.782. The van der Waals surface area contributed by atoms with Crippen LogP contribution in [0, 0.1) is 12.7 Å². The van der Waals surface area contributed by atoms with Crippen LogP contribution in [0.25, 0.3) is 22.0 Å². The number of hydrogen-bond donors (Lipinski definition) is 2. The molecule has 6 nitrogen and oxygen atoms in total. The Hall–Kier alpha value is -3.94. The van der Waals surface area contributed by atoms with Crippen molar-refractivity contribution in [2.75, 3.05) is 17.7 Å². The first-order valence-electron chi connectivity index (χ1n) is 10.6. The highest BCUT2D eigenvalue weighted by atomic mass is 19.1. The lowest BCUT2D eigenvalue weighted by molar-refractivity contribution is 0.102. The summed E-state index contributed by atoms with van der Waals surface area (Å²) in [7, 11) is 1.60. The third-order valence-corrected chi connectivity index (χ3v) is 5.91. The number of benzene rings is 1. The Balaban J connectivity index is 1.44. The number of amides is 1. The van der Waals surface area contributed by atoms with E-state index < -0.39 is 17.4 Å². The lowest BCUT2D eigenvalue weighted by Gasteiger charge is -2.12. The Bertz CT molecular complexity index is 1400. The summed E-state index contributed by atoms with van der Waals surface area (Å²) in [4.78, 5) is 25.2. The van der Waals surface area contributed by atoms with Crippen LogP contribution in [0.4, 0.5) is 20.3 Å². The summed E-state index contributed by atoms with van der Waals surface area (Å²) in [6, 6.07) is 10.4. The van der Waals surface area contributed by atoms with Gasteiger partial charge in [-0.1, -0.05) is 6.07 Å². The summed E-state index contributed by atoms with van der Waals surface area (Å²) in [6.45, 7) is 1.94. The van der Waals surface area contributed by atoms with Crippen molar-refractivity contribution in [2.45, 2.75) is 25.4 Å². The number of hydrogen-bond acceptors (Lipinski definition) is 5. The van der Waals surface area contributed by atoms with Crippen molar-refractivity contribution < 1.29 is 13.6 Å². The van der Waals surface area contributed by atoms with Crippen LogP contribution in [-0.2, 0) is 5.67 Å². The number of nitrogens with zero attached hydrogens (tertiary/aromatic N) is 3. The van der Waals surface area contributed by atoms with Gasteiger partial charge in [-0.2, -0.15) is 0 Å². The number of halogens is 2. The van der Waals surface area contributed by atoms with Gasteiger partial charge in [-0.25, -0.2) is 13.8 Å². The summed E-state index contributed by atoms with van der Waals surface area (Å²) >= 11 is 0. The van der Waals surface area contributed by atoms with Gasteiger partial charge >= 0.3 is 0 Å². The maximum atomic E-state index is 14.5. The molecule has 1 saturated carbocycles. The van der Waals surface area contributed by atoms with E-state index >= 15 is 0 Å². The van der Waals surface area contributed by atoms with E-state index in [0.29, 0.717) is 29.5 Å². The number of aromatic nitrogens is 3. The number of nitrogens with one attached hydrogen (secondary N) is 2. The van der Waals surface area contributed by atoms with E-state index in [4.69, 9.17) is 0 Å². The number of fused-ring (bicyclic) bond motifs is 1. The van der Waals surface area contributed by atoms with Crippen molar-refractivity contribution in [1.29, 1.82) is 0 Å². The average molecular weight is 445 g/mol. The number of anilines is 2. The third kappa shape index (κ3) is 3.88. The van der Waals surface area contributed by atoms with Crippen molar-refractivity contribution in [1.82, 2.24) is 15.0 Å². The van der Waals surface area contributed by atoms with E-state index in [1.165, 1.54) is 12.3 Å². The van der Waals surface area contributed by atoms with Crippen molar-refractivity contribution in [2.24, 2.45) is 0 Å². The van der Waals surface area contributed by atoms with Crippen LogP contribution in [-0.4, -0.2) is 27.9 Å². The highest BCUT2D eigenvalue weighted by Crippen LogP contribution is 2.49. The molecule has 0 bridgehead atoms. The number of carbonyl (C=O) groups excluding carboxylic acids is 1. The topological polar surface area (TPSA) is 79.8 Å². The number of pyridine rings is 3. The Morgan fingerprint density at radius 2 is 1.88 bits per heavy atom. The van der Waals surface area contributed by atoms with Gasteiger partial charge in [0.25, 0.3) is 5.91 Å². The predicted octanol–water partition coefficient (Wildman–Crippen LogP) is 5.39. The van der Waals surface area contributed by atoms with Gasteiger partial charge in [0, 0.05) is 42.3 Å². The monoisotopic (exact) mass is 445 g/mol.